The number of rotatable bonds is 10. The van der Waals surface area contributed by atoms with E-state index in [1.807, 2.05) is 0 Å². The molecule has 1 heterocycles. The number of aromatic nitrogens is 1. The molecule has 1 unspecified atom stereocenters. The van der Waals surface area contributed by atoms with Crippen LogP contribution in [0.4, 0.5) is 24.7 Å². The number of carbonyl (C=O) groups excluding carboxylic acids is 2. The zero-order valence-corrected chi connectivity index (χ0v) is 25.1. The topological polar surface area (TPSA) is 150 Å². The fraction of sp³-hybridized carbons (Fsp3) is 0.233. The zero-order chi connectivity index (χ0) is 32.6. The lowest BCUT2D eigenvalue weighted by Crippen LogP contribution is -2.54. The predicted octanol–water partition coefficient (Wildman–Crippen LogP) is 5.10. The zero-order valence-electron chi connectivity index (χ0n) is 23.5. The minimum Gasteiger partial charge on any atom is -0.495 e. The van der Waals surface area contributed by atoms with Crippen molar-refractivity contribution in [1.29, 1.82) is 0 Å². The summed E-state index contributed by atoms with van der Waals surface area (Å²) in [6.07, 6.45) is -3.09. The van der Waals surface area contributed by atoms with Gasteiger partial charge in [-0.05, 0) is 66.3 Å². The number of benzene rings is 3. The third-order valence-corrected chi connectivity index (χ3v) is 9.82. The Morgan fingerprint density at radius 1 is 1.07 bits per heavy atom. The molecule has 5 rings (SSSR count). The van der Waals surface area contributed by atoms with Crippen molar-refractivity contribution in [2.45, 2.75) is 41.4 Å². The van der Waals surface area contributed by atoms with E-state index in [0.717, 1.165) is 6.07 Å². The molecule has 0 saturated heterocycles. The molecular weight excluding hydrogens is 637 g/mol. The van der Waals surface area contributed by atoms with Crippen molar-refractivity contribution in [1.82, 2.24) is 10.3 Å². The Labute approximate surface area is 260 Å². The maximum absolute atomic E-state index is 14.1. The maximum Gasteiger partial charge on any atom is 0.491 e. The van der Waals surface area contributed by atoms with Crippen molar-refractivity contribution < 1.29 is 40.7 Å². The lowest BCUT2D eigenvalue weighted by Gasteiger charge is -2.34. The molecule has 0 radical (unpaired) electrons. The van der Waals surface area contributed by atoms with Crippen molar-refractivity contribution in [3.8, 4) is 5.75 Å². The first-order valence-electron chi connectivity index (χ1n) is 13.4. The molecule has 1 fully saturated rings. The second-order valence-electron chi connectivity index (χ2n) is 10.2. The van der Waals surface area contributed by atoms with Crippen LogP contribution in [0.1, 0.15) is 24.0 Å². The lowest BCUT2D eigenvalue weighted by atomic mass is 9.99. The Morgan fingerprint density at radius 3 is 2.49 bits per heavy atom. The van der Waals surface area contributed by atoms with Crippen LogP contribution in [-0.2, 0) is 36.4 Å². The van der Waals surface area contributed by atoms with Crippen molar-refractivity contribution >= 4 is 55.6 Å². The third-order valence-electron chi connectivity index (χ3n) is 7.15. The summed E-state index contributed by atoms with van der Waals surface area (Å²) in [6.45, 7) is -0.432. The second-order valence-corrected chi connectivity index (χ2v) is 12.8. The number of nitrogen functional groups attached to an aromatic ring is 1. The number of nitrogens with zero attached hydrogens (tertiary/aromatic N) is 1. The monoisotopic (exact) mass is 662 g/mol. The molecule has 236 valence electrons. The van der Waals surface area contributed by atoms with Crippen LogP contribution >= 0.6 is 11.6 Å². The number of esters is 1. The van der Waals surface area contributed by atoms with Crippen LogP contribution in [0, 0.1) is 0 Å². The molecule has 0 spiro atoms. The Balaban J connectivity index is 1.63. The lowest BCUT2D eigenvalue weighted by molar-refractivity contribution is -0.213. The van der Waals surface area contributed by atoms with Crippen LogP contribution in [0.15, 0.2) is 77.8 Å². The number of anilines is 2. The highest BCUT2D eigenvalue weighted by Crippen LogP contribution is 2.38. The van der Waals surface area contributed by atoms with Gasteiger partial charge in [0.1, 0.15) is 11.6 Å². The summed E-state index contributed by atoms with van der Waals surface area (Å²) in [7, 11) is -2.45. The van der Waals surface area contributed by atoms with E-state index < -0.39 is 45.4 Å². The molecule has 1 amide bonds. The van der Waals surface area contributed by atoms with E-state index in [4.69, 9.17) is 26.8 Å². The number of amides is 1. The fourth-order valence-corrected chi connectivity index (χ4v) is 6.82. The summed E-state index contributed by atoms with van der Waals surface area (Å²) < 4.78 is 77.5. The standard InChI is InChI=1S/C30H26ClF3N4O6S/c1-43-24-15-19(6-11-23(24)31)29(44-28(40)30(32,33)34,38-20-7-10-22-17(14-20)12-13-36-26(22)35)27(39)37-16-18-4-2-3-5-25(18)45(41,42)21-8-9-21/h2-7,10-15,21,38H,8-9,16H2,1H3,(H2,35,36)(H,37,39). The number of alkyl halides is 3. The number of methoxy groups -OCH3 is 1. The molecule has 0 aliphatic heterocycles. The second kappa shape index (κ2) is 12.1. The van der Waals surface area contributed by atoms with Crippen LogP contribution in [0.3, 0.4) is 0 Å². The molecule has 15 heteroatoms. The first-order valence-corrected chi connectivity index (χ1v) is 15.4. The van der Waals surface area contributed by atoms with Crippen LogP contribution in [0.2, 0.25) is 5.02 Å². The molecule has 3 aromatic carbocycles. The van der Waals surface area contributed by atoms with Gasteiger partial charge in [0.15, 0.2) is 9.84 Å². The molecule has 45 heavy (non-hydrogen) atoms. The molecule has 4 aromatic rings. The van der Waals surface area contributed by atoms with Gasteiger partial charge in [-0.2, -0.15) is 13.2 Å². The molecule has 0 bridgehead atoms. The van der Waals surface area contributed by atoms with Crippen LogP contribution in [-0.4, -0.2) is 43.8 Å². The van der Waals surface area contributed by atoms with Crippen molar-refractivity contribution in [2.24, 2.45) is 0 Å². The van der Waals surface area contributed by atoms with Crippen molar-refractivity contribution in [3.63, 3.8) is 0 Å². The SMILES string of the molecule is COc1cc(C(Nc2ccc3c(N)nccc3c2)(OC(=O)C(F)(F)F)C(=O)NCc2ccccc2S(=O)(=O)C2CC2)ccc1Cl. The van der Waals surface area contributed by atoms with Crippen molar-refractivity contribution in [3.05, 3.63) is 89.1 Å². The van der Waals surface area contributed by atoms with Crippen LogP contribution < -0.4 is 21.1 Å². The van der Waals surface area contributed by atoms with E-state index in [1.165, 1.54) is 61.8 Å². The number of ether oxygens (including phenoxy) is 2. The van der Waals surface area contributed by atoms with E-state index in [-0.39, 0.29) is 38.3 Å². The van der Waals surface area contributed by atoms with Gasteiger partial charge in [0, 0.05) is 29.4 Å². The van der Waals surface area contributed by atoms with Gasteiger partial charge < -0.3 is 25.8 Å². The molecule has 1 atom stereocenters. The predicted molar refractivity (Wildman–Crippen MR) is 160 cm³/mol. The number of hydrogen-bond acceptors (Lipinski definition) is 9. The van der Waals surface area contributed by atoms with Crippen LogP contribution in [0.25, 0.3) is 10.8 Å². The molecule has 1 aliphatic carbocycles. The molecule has 1 aliphatic rings. The number of fused-ring (bicyclic) bond motifs is 1. The van der Waals surface area contributed by atoms with E-state index in [2.05, 4.69) is 15.6 Å². The van der Waals surface area contributed by atoms with E-state index >= 15 is 0 Å². The largest absolute Gasteiger partial charge is 0.495 e. The number of sulfone groups is 1. The van der Waals surface area contributed by atoms with Crippen LogP contribution in [0.5, 0.6) is 5.75 Å². The number of carbonyl (C=O) groups is 2. The molecule has 4 N–H and O–H groups in total. The fourth-order valence-electron chi connectivity index (χ4n) is 4.73. The minimum absolute atomic E-state index is 0.0208. The normalized spacial score (nSPS) is 14.8. The Hall–Kier alpha value is -4.56. The highest BCUT2D eigenvalue weighted by molar-refractivity contribution is 7.92. The van der Waals surface area contributed by atoms with Gasteiger partial charge in [0.2, 0.25) is 0 Å². The van der Waals surface area contributed by atoms with Gasteiger partial charge in [-0.1, -0.05) is 35.9 Å². The summed E-state index contributed by atoms with van der Waals surface area (Å²) >= 11 is 6.17. The molecular formula is C30H26ClF3N4O6S. The average molecular weight is 663 g/mol. The van der Waals surface area contributed by atoms with Gasteiger partial charge in [-0.3, -0.25) is 4.79 Å². The first-order chi connectivity index (χ1) is 21.3. The number of nitrogens with two attached hydrogens (primary N) is 1. The van der Waals surface area contributed by atoms with Gasteiger partial charge in [0.25, 0.3) is 11.6 Å². The number of hydrogen-bond donors (Lipinski definition) is 3. The van der Waals surface area contributed by atoms with E-state index in [9.17, 15) is 31.2 Å². The summed E-state index contributed by atoms with van der Waals surface area (Å²) in [5, 5.41) is 5.68. The number of nitrogens with one attached hydrogen (secondary N) is 2. The molecule has 10 nitrogen and oxygen atoms in total. The molecule has 1 aromatic heterocycles. The summed E-state index contributed by atoms with van der Waals surface area (Å²) in [6, 6.07) is 15.5. The van der Waals surface area contributed by atoms with Gasteiger partial charge in [-0.15, -0.1) is 0 Å². The summed E-state index contributed by atoms with van der Waals surface area (Å²) in [4.78, 5) is 30.6. The Morgan fingerprint density at radius 2 is 1.80 bits per heavy atom. The highest BCUT2D eigenvalue weighted by Gasteiger charge is 2.52. The molecule has 1 saturated carbocycles. The van der Waals surface area contributed by atoms with Gasteiger partial charge in [-0.25, -0.2) is 18.2 Å². The van der Waals surface area contributed by atoms with Crippen molar-refractivity contribution in [2.75, 3.05) is 18.2 Å². The minimum atomic E-state index is -5.50. The first kappa shape index (κ1) is 31.9. The Kier molecular flexibility index (Phi) is 8.55. The summed E-state index contributed by atoms with van der Waals surface area (Å²) in [5.41, 5.74) is 3.02. The highest BCUT2D eigenvalue weighted by atomic mass is 35.5. The average Bonchev–Trinajstić information content (AvgIpc) is 3.86. The number of halogens is 4. The Bertz CT molecular complexity index is 1900. The smallest absolute Gasteiger partial charge is 0.491 e. The van der Waals surface area contributed by atoms with E-state index in [0.29, 0.717) is 23.6 Å². The van der Waals surface area contributed by atoms with Gasteiger partial charge in [0.05, 0.1) is 22.3 Å². The maximum atomic E-state index is 14.1. The van der Waals surface area contributed by atoms with Gasteiger partial charge >= 0.3 is 12.1 Å². The van der Waals surface area contributed by atoms with E-state index in [1.54, 1.807) is 12.1 Å². The number of pyridine rings is 1. The third kappa shape index (κ3) is 6.47. The summed E-state index contributed by atoms with van der Waals surface area (Å²) in [5.74, 6) is -3.77. The quantitative estimate of drug-likeness (QED) is 0.156.